The summed E-state index contributed by atoms with van der Waals surface area (Å²) in [6, 6.07) is 12.4. The summed E-state index contributed by atoms with van der Waals surface area (Å²) in [4.78, 5) is 11.8. The number of carbonyl (C=O) groups is 1. The first-order chi connectivity index (χ1) is 11.8. The maximum atomic E-state index is 11.8. The number of hydrogen-bond donors (Lipinski definition) is 2. The second kappa shape index (κ2) is 7.45. The molecule has 0 saturated carbocycles. The number of para-hydroxylation sites is 2. The normalized spacial score (nSPS) is 11.7. The van der Waals surface area contributed by atoms with Crippen LogP contribution in [-0.2, 0) is 6.54 Å². The monoisotopic (exact) mass is 330 g/mol. The van der Waals surface area contributed by atoms with E-state index in [1.54, 1.807) is 19.2 Å². The highest BCUT2D eigenvalue weighted by Crippen LogP contribution is 2.32. The van der Waals surface area contributed by atoms with Crippen molar-refractivity contribution < 1.29 is 23.7 Å². The van der Waals surface area contributed by atoms with Gasteiger partial charge in [-0.15, -0.1) is 0 Å². The third-order valence-corrected chi connectivity index (χ3v) is 3.42. The molecular formula is C17H18N2O5. The predicted molar refractivity (Wildman–Crippen MR) is 86.4 cm³/mol. The molecule has 0 saturated heterocycles. The van der Waals surface area contributed by atoms with Crippen LogP contribution in [0, 0.1) is 0 Å². The average Bonchev–Trinajstić information content (AvgIpc) is 3.08. The smallest absolute Gasteiger partial charge is 0.317 e. The molecule has 2 aromatic carbocycles. The summed E-state index contributed by atoms with van der Waals surface area (Å²) in [5.74, 6) is 2.58. The van der Waals surface area contributed by atoms with Gasteiger partial charge in [0.1, 0.15) is 0 Å². The zero-order valence-electron chi connectivity index (χ0n) is 13.2. The number of hydrogen-bond acceptors (Lipinski definition) is 5. The van der Waals surface area contributed by atoms with E-state index in [4.69, 9.17) is 18.9 Å². The molecule has 1 aliphatic rings. The van der Waals surface area contributed by atoms with Gasteiger partial charge in [0.25, 0.3) is 0 Å². The zero-order chi connectivity index (χ0) is 16.8. The standard InChI is InChI=1S/C17H18N2O5/c1-21-13-4-2-3-5-14(13)22-10-19-17(20)18-9-12-6-7-15-16(8-12)24-11-23-15/h2-8H,9-11H2,1H3,(H2,18,19,20). The van der Waals surface area contributed by atoms with Crippen LogP contribution in [0.3, 0.4) is 0 Å². The highest BCUT2D eigenvalue weighted by Gasteiger charge is 2.13. The van der Waals surface area contributed by atoms with Crippen LogP contribution in [0.4, 0.5) is 4.79 Å². The summed E-state index contributed by atoms with van der Waals surface area (Å²) in [5.41, 5.74) is 0.917. The maximum absolute atomic E-state index is 11.8. The Morgan fingerprint density at radius 2 is 1.88 bits per heavy atom. The Morgan fingerprint density at radius 3 is 2.71 bits per heavy atom. The number of benzene rings is 2. The molecule has 1 heterocycles. The molecule has 7 heteroatoms. The van der Waals surface area contributed by atoms with Crippen LogP contribution in [-0.4, -0.2) is 26.7 Å². The number of carbonyl (C=O) groups excluding carboxylic acids is 1. The number of fused-ring (bicyclic) bond motifs is 1. The van der Waals surface area contributed by atoms with Crippen molar-refractivity contribution in [1.29, 1.82) is 0 Å². The lowest BCUT2D eigenvalue weighted by molar-refractivity contribution is 0.174. The Balaban J connectivity index is 1.43. The van der Waals surface area contributed by atoms with E-state index in [-0.39, 0.29) is 19.6 Å². The highest BCUT2D eigenvalue weighted by atomic mass is 16.7. The van der Waals surface area contributed by atoms with Crippen LogP contribution in [0.15, 0.2) is 42.5 Å². The van der Waals surface area contributed by atoms with Crippen molar-refractivity contribution >= 4 is 6.03 Å². The van der Waals surface area contributed by atoms with E-state index < -0.39 is 0 Å². The summed E-state index contributed by atoms with van der Waals surface area (Å²) in [7, 11) is 1.56. The molecule has 126 valence electrons. The first-order valence-corrected chi connectivity index (χ1v) is 7.42. The molecular weight excluding hydrogens is 312 g/mol. The first-order valence-electron chi connectivity index (χ1n) is 7.42. The molecule has 2 amide bonds. The summed E-state index contributed by atoms with van der Waals surface area (Å²) >= 11 is 0. The van der Waals surface area contributed by atoms with Crippen molar-refractivity contribution in [3.05, 3.63) is 48.0 Å². The quantitative estimate of drug-likeness (QED) is 0.795. The summed E-state index contributed by atoms with van der Waals surface area (Å²) in [5, 5.41) is 5.37. The summed E-state index contributed by atoms with van der Waals surface area (Å²) in [6.45, 7) is 0.636. The van der Waals surface area contributed by atoms with Gasteiger partial charge >= 0.3 is 6.03 Å². The highest BCUT2D eigenvalue weighted by molar-refractivity contribution is 5.73. The minimum absolute atomic E-state index is 0.0351. The van der Waals surface area contributed by atoms with Crippen molar-refractivity contribution in [2.45, 2.75) is 6.54 Å². The largest absolute Gasteiger partial charge is 0.493 e. The van der Waals surface area contributed by atoms with Gasteiger partial charge in [-0.1, -0.05) is 18.2 Å². The van der Waals surface area contributed by atoms with E-state index in [1.165, 1.54) is 0 Å². The molecule has 0 bridgehead atoms. The van der Waals surface area contributed by atoms with Gasteiger partial charge in [0, 0.05) is 6.54 Å². The number of methoxy groups -OCH3 is 1. The average molecular weight is 330 g/mol. The Bertz CT molecular complexity index is 720. The van der Waals surface area contributed by atoms with Gasteiger partial charge in [-0.25, -0.2) is 4.79 Å². The van der Waals surface area contributed by atoms with Crippen molar-refractivity contribution in [2.24, 2.45) is 0 Å². The van der Waals surface area contributed by atoms with E-state index in [9.17, 15) is 4.79 Å². The van der Waals surface area contributed by atoms with Crippen molar-refractivity contribution in [3.63, 3.8) is 0 Å². The molecule has 0 aromatic heterocycles. The van der Waals surface area contributed by atoms with E-state index >= 15 is 0 Å². The lowest BCUT2D eigenvalue weighted by Gasteiger charge is -2.12. The topological polar surface area (TPSA) is 78.1 Å². The molecule has 0 atom stereocenters. The van der Waals surface area contributed by atoms with Crippen LogP contribution in [0.25, 0.3) is 0 Å². The molecule has 3 rings (SSSR count). The van der Waals surface area contributed by atoms with Gasteiger partial charge in [0.15, 0.2) is 29.7 Å². The Morgan fingerprint density at radius 1 is 1.08 bits per heavy atom. The number of rotatable bonds is 6. The van der Waals surface area contributed by atoms with Gasteiger partial charge in [-0.05, 0) is 29.8 Å². The molecule has 0 fully saturated rings. The number of nitrogens with one attached hydrogen (secondary N) is 2. The molecule has 0 aliphatic carbocycles. The predicted octanol–water partition coefficient (Wildman–Crippen LogP) is 2.26. The maximum Gasteiger partial charge on any atom is 0.317 e. The Hall–Kier alpha value is -3.09. The van der Waals surface area contributed by atoms with E-state index in [0.717, 1.165) is 5.56 Å². The zero-order valence-corrected chi connectivity index (χ0v) is 13.2. The molecule has 1 aliphatic heterocycles. The Labute approximate surface area is 139 Å². The molecule has 2 N–H and O–H groups in total. The first kappa shape index (κ1) is 15.8. The SMILES string of the molecule is COc1ccccc1OCNC(=O)NCc1ccc2c(c1)OCO2. The fourth-order valence-electron chi connectivity index (χ4n) is 2.21. The third kappa shape index (κ3) is 3.81. The number of ether oxygens (including phenoxy) is 4. The van der Waals surface area contributed by atoms with Gasteiger partial charge < -0.3 is 29.6 Å². The van der Waals surface area contributed by atoms with Crippen LogP contribution < -0.4 is 29.6 Å². The van der Waals surface area contributed by atoms with Crippen LogP contribution >= 0.6 is 0 Å². The molecule has 0 spiro atoms. The van der Waals surface area contributed by atoms with Gasteiger partial charge in [0.05, 0.1) is 7.11 Å². The van der Waals surface area contributed by atoms with E-state index in [2.05, 4.69) is 10.6 Å². The van der Waals surface area contributed by atoms with Gasteiger partial charge in [-0.3, -0.25) is 0 Å². The van der Waals surface area contributed by atoms with Crippen molar-refractivity contribution in [3.8, 4) is 23.0 Å². The lowest BCUT2D eigenvalue weighted by Crippen LogP contribution is -2.37. The minimum Gasteiger partial charge on any atom is -0.493 e. The third-order valence-electron chi connectivity index (χ3n) is 3.42. The van der Waals surface area contributed by atoms with Gasteiger partial charge in [-0.2, -0.15) is 0 Å². The summed E-state index contributed by atoms with van der Waals surface area (Å²) < 4.78 is 21.2. The van der Waals surface area contributed by atoms with Gasteiger partial charge in [0.2, 0.25) is 6.79 Å². The fraction of sp³-hybridized carbons (Fsp3) is 0.235. The van der Waals surface area contributed by atoms with Crippen LogP contribution in [0.5, 0.6) is 23.0 Å². The second-order valence-electron chi connectivity index (χ2n) is 4.99. The molecule has 0 unspecified atom stereocenters. The lowest BCUT2D eigenvalue weighted by atomic mass is 10.2. The van der Waals surface area contributed by atoms with Crippen molar-refractivity contribution in [1.82, 2.24) is 10.6 Å². The minimum atomic E-state index is -0.331. The number of urea groups is 1. The number of amides is 2. The van der Waals surface area contributed by atoms with Crippen LogP contribution in [0.1, 0.15) is 5.56 Å². The molecule has 2 aromatic rings. The molecule has 24 heavy (non-hydrogen) atoms. The fourth-order valence-corrected chi connectivity index (χ4v) is 2.21. The van der Waals surface area contributed by atoms with E-state index in [1.807, 2.05) is 30.3 Å². The summed E-state index contributed by atoms with van der Waals surface area (Å²) in [6.07, 6.45) is 0. The van der Waals surface area contributed by atoms with Crippen molar-refractivity contribution in [2.75, 3.05) is 20.6 Å². The Kier molecular flexibility index (Phi) is 4.90. The van der Waals surface area contributed by atoms with Crippen LogP contribution in [0.2, 0.25) is 0 Å². The molecule has 7 nitrogen and oxygen atoms in total. The second-order valence-corrected chi connectivity index (χ2v) is 4.99. The molecule has 0 radical (unpaired) electrons. The van der Waals surface area contributed by atoms with E-state index in [0.29, 0.717) is 29.5 Å².